The molecule has 3 aromatic carbocycles. The summed E-state index contributed by atoms with van der Waals surface area (Å²) in [6.07, 6.45) is 4.38. The number of fused-ring (bicyclic) bond motifs is 2. The number of hydrogen-bond acceptors (Lipinski definition) is 4. The highest BCUT2D eigenvalue weighted by Gasteiger charge is 2.28. The number of aromatic nitrogens is 1. The predicted octanol–water partition coefficient (Wildman–Crippen LogP) is 4.75. The zero-order valence-corrected chi connectivity index (χ0v) is 24.7. The number of urea groups is 1. The highest BCUT2D eigenvalue weighted by molar-refractivity contribution is 5.95. The van der Waals surface area contributed by atoms with Gasteiger partial charge >= 0.3 is 6.03 Å². The molecule has 2 aliphatic heterocycles. The van der Waals surface area contributed by atoms with Gasteiger partial charge in [0.15, 0.2) is 0 Å². The molecule has 6 rings (SSSR count). The molecule has 1 fully saturated rings. The van der Waals surface area contributed by atoms with Crippen LogP contribution in [0.15, 0.2) is 85.1 Å². The smallest absolute Gasteiger partial charge is 0.314 e. The van der Waals surface area contributed by atoms with Crippen molar-refractivity contribution in [3.63, 3.8) is 0 Å². The number of carbonyl (C=O) groups excluding carboxylic acids is 2. The summed E-state index contributed by atoms with van der Waals surface area (Å²) in [6, 6.07) is 26.5. The van der Waals surface area contributed by atoms with E-state index in [1.165, 1.54) is 22.2 Å². The van der Waals surface area contributed by atoms with Gasteiger partial charge in [-0.1, -0.05) is 54.6 Å². The first-order chi connectivity index (χ1) is 20.4. The van der Waals surface area contributed by atoms with Crippen molar-refractivity contribution in [2.45, 2.75) is 19.3 Å². The van der Waals surface area contributed by atoms with E-state index in [1.54, 1.807) is 4.90 Å². The molecular weight excluding hydrogens is 524 g/mol. The van der Waals surface area contributed by atoms with Gasteiger partial charge in [-0.3, -0.25) is 4.79 Å². The summed E-state index contributed by atoms with van der Waals surface area (Å²) in [7, 11) is 4.20. The molecule has 220 valence electrons. The number of carbonyl (C=O) groups is 2. The summed E-state index contributed by atoms with van der Waals surface area (Å²) in [5, 5.41) is 1.22. The zero-order valence-electron chi connectivity index (χ0n) is 24.7. The fourth-order valence-electron chi connectivity index (χ4n) is 6.09. The van der Waals surface area contributed by atoms with Crippen LogP contribution in [-0.2, 0) is 17.6 Å². The summed E-state index contributed by atoms with van der Waals surface area (Å²) in [5.41, 5.74) is 11.2. The number of aryl methyl sites for hydroxylation is 1. The molecule has 2 aliphatic rings. The first-order valence-corrected chi connectivity index (χ1v) is 14.8. The van der Waals surface area contributed by atoms with Crippen molar-refractivity contribution in [1.82, 2.24) is 14.8 Å². The van der Waals surface area contributed by atoms with Crippen LogP contribution in [0.25, 0.3) is 10.9 Å². The molecule has 0 aliphatic carbocycles. The Morgan fingerprint density at radius 2 is 1.60 bits per heavy atom. The lowest BCUT2D eigenvalue weighted by atomic mass is 9.91. The average Bonchev–Trinajstić information content (AvgIpc) is 3.43. The summed E-state index contributed by atoms with van der Waals surface area (Å²) in [4.78, 5) is 35.5. The molecule has 1 saturated heterocycles. The van der Waals surface area contributed by atoms with E-state index in [9.17, 15) is 9.59 Å². The highest BCUT2D eigenvalue weighted by atomic mass is 16.2. The van der Waals surface area contributed by atoms with E-state index in [2.05, 4.69) is 71.3 Å². The number of amides is 3. The van der Waals surface area contributed by atoms with E-state index < -0.39 is 0 Å². The predicted molar refractivity (Wildman–Crippen MR) is 171 cm³/mol. The number of para-hydroxylation sites is 3. The molecule has 4 aromatic rings. The van der Waals surface area contributed by atoms with Gasteiger partial charge in [-0.15, -0.1) is 0 Å². The Bertz CT molecular complexity index is 1480. The van der Waals surface area contributed by atoms with Gasteiger partial charge in [0.2, 0.25) is 5.91 Å². The van der Waals surface area contributed by atoms with Crippen molar-refractivity contribution in [2.24, 2.45) is 11.7 Å². The summed E-state index contributed by atoms with van der Waals surface area (Å²) in [5.74, 6) is 0.697. The second-order valence-corrected chi connectivity index (χ2v) is 11.5. The van der Waals surface area contributed by atoms with E-state index >= 15 is 0 Å². The van der Waals surface area contributed by atoms with E-state index in [1.807, 2.05) is 47.5 Å². The second kappa shape index (κ2) is 13.6. The Labute approximate surface area is 248 Å². The monoisotopic (exact) mass is 566 g/mol. The van der Waals surface area contributed by atoms with Crippen molar-refractivity contribution >= 4 is 34.2 Å². The van der Waals surface area contributed by atoms with Crippen LogP contribution in [0.1, 0.15) is 17.5 Å². The number of nitrogens with two attached hydrogens (primary N) is 1. The number of benzene rings is 3. The Hall–Kier alpha value is -4.30. The number of anilines is 2. The van der Waals surface area contributed by atoms with Crippen molar-refractivity contribution in [1.29, 1.82) is 0 Å². The first-order valence-electron chi connectivity index (χ1n) is 14.8. The lowest BCUT2D eigenvalue weighted by Crippen LogP contribution is -2.50. The Morgan fingerprint density at radius 3 is 2.33 bits per heavy atom. The number of H-pyrrole nitrogens is 1. The van der Waals surface area contributed by atoms with Crippen LogP contribution in [0.5, 0.6) is 0 Å². The van der Waals surface area contributed by atoms with E-state index in [-0.39, 0.29) is 11.9 Å². The van der Waals surface area contributed by atoms with Crippen molar-refractivity contribution in [3.05, 3.63) is 96.2 Å². The van der Waals surface area contributed by atoms with Crippen LogP contribution in [0.2, 0.25) is 0 Å². The molecule has 3 heterocycles. The lowest BCUT2D eigenvalue weighted by molar-refractivity contribution is -0.118. The molecule has 1 atom stereocenters. The van der Waals surface area contributed by atoms with Gasteiger partial charge in [-0.25, -0.2) is 4.79 Å². The fourth-order valence-corrected chi connectivity index (χ4v) is 6.09. The third-order valence-electron chi connectivity index (χ3n) is 8.15. The number of piperazine rings is 1. The molecule has 0 saturated carbocycles. The van der Waals surface area contributed by atoms with Crippen LogP contribution in [0, 0.1) is 5.92 Å². The minimum atomic E-state index is -0.317. The molecular formula is C34H42N6O2. The fraction of sp³-hybridized carbons (Fsp3) is 0.353. The third-order valence-corrected chi connectivity index (χ3v) is 8.15. The van der Waals surface area contributed by atoms with E-state index in [4.69, 9.17) is 5.73 Å². The maximum Gasteiger partial charge on any atom is 0.314 e. The standard InChI is InChI=1S/C23H27N3O.C11H15N3O/c1-25(2)15-17-13-18-7-3-6-10-22(18)26(16-17)23(27)12-11-19-14-24-21-9-5-4-8-20(19)21;12-11(15)14-8-6-13(7-9-14)10-4-2-1-3-5-10/h3-10,14,17,24H,11-13,15-16H2,1-2H3;1-5H,6-9H2,(H2,12,15). The molecule has 0 radical (unpaired) electrons. The van der Waals surface area contributed by atoms with E-state index in [0.29, 0.717) is 25.4 Å². The molecule has 3 amide bonds. The maximum absolute atomic E-state index is 13.1. The van der Waals surface area contributed by atoms with Crippen LogP contribution in [0.4, 0.5) is 16.2 Å². The highest BCUT2D eigenvalue weighted by Crippen LogP contribution is 2.31. The zero-order chi connectivity index (χ0) is 29.5. The minimum absolute atomic E-state index is 0.219. The molecule has 0 bridgehead atoms. The normalized spacial score (nSPS) is 16.6. The SMILES string of the molecule is CN(C)CC1Cc2ccccc2N(C(=O)CCc2c[nH]c3ccccc23)C1.NC(=O)N1CCN(c2ccccc2)CC1. The topological polar surface area (TPSA) is 88.9 Å². The molecule has 1 unspecified atom stereocenters. The number of hydrogen-bond donors (Lipinski definition) is 2. The lowest BCUT2D eigenvalue weighted by Gasteiger charge is -2.36. The van der Waals surface area contributed by atoms with Crippen molar-refractivity contribution in [3.8, 4) is 0 Å². The number of rotatable bonds is 6. The van der Waals surface area contributed by atoms with Crippen LogP contribution >= 0.6 is 0 Å². The van der Waals surface area contributed by atoms with E-state index in [0.717, 1.165) is 50.2 Å². The third kappa shape index (κ3) is 7.12. The van der Waals surface area contributed by atoms with Gasteiger partial charge < -0.3 is 30.3 Å². The number of nitrogens with zero attached hydrogens (tertiary/aromatic N) is 4. The minimum Gasteiger partial charge on any atom is -0.368 e. The van der Waals surface area contributed by atoms with Crippen LogP contribution in [0.3, 0.4) is 0 Å². The van der Waals surface area contributed by atoms with Gasteiger partial charge in [0.05, 0.1) is 0 Å². The van der Waals surface area contributed by atoms with Crippen molar-refractivity contribution < 1.29 is 9.59 Å². The average molecular weight is 567 g/mol. The van der Waals surface area contributed by atoms with Gasteiger partial charge in [0, 0.05) is 74.2 Å². The van der Waals surface area contributed by atoms with Crippen LogP contribution < -0.4 is 15.5 Å². The Morgan fingerprint density at radius 1 is 0.905 bits per heavy atom. The van der Waals surface area contributed by atoms with Crippen molar-refractivity contribution in [2.75, 3.05) is 63.2 Å². The Balaban J connectivity index is 0.000000199. The quantitative estimate of drug-likeness (QED) is 0.352. The number of primary amides is 1. The van der Waals surface area contributed by atoms with Crippen LogP contribution in [-0.4, -0.2) is 80.1 Å². The van der Waals surface area contributed by atoms with Gasteiger partial charge in [-0.05, 0) is 68.2 Å². The molecule has 1 aromatic heterocycles. The molecule has 3 N–H and O–H groups in total. The summed E-state index contributed by atoms with van der Waals surface area (Å²) in [6.45, 7) is 4.94. The molecule has 0 spiro atoms. The van der Waals surface area contributed by atoms with Gasteiger partial charge in [-0.2, -0.15) is 0 Å². The Kier molecular flexibility index (Phi) is 9.44. The number of aromatic amines is 1. The van der Waals surface area contributed by atoms with Gasteiger partial charge in [0.1, 0.15) is 0 Å². The second-order valence-electron chi connectivity index (χ2n) is 11.5. The summed E-state index contributed by atoms with van der Waals surface area (Å²) < 4.78 is 0. The maximum atomic E-state index is 13.1. The first kappa shape index (κ1) is 29.2. The largest absolute Gasteiger partial charge is 0.368 e. The van der Waals surface area contributed by atoms with Gasteiger partial charge in [0.25, 0.3) is 0 Å². The molecule has 8 heteroatoms. The number of nitrogens with one attached hydrogen (secondary N) is 1. The molecule has 8 nitrogen and oxygen atoms in total. The summed E-state index contributed by atoms with van der Waals surface area (Å²) >= 11 is 0. The molecule has 42 heavy (non-hydrogen) atoms.